The van der Waals surface area contributed by atoms with Crippen molar-refractivity contribution in [3.63, 3.8) is 0 Å². The number of benzene rings is 4. The Kier molecular flexibility index (Phi) is 11.1. The molecule has 1 N–H and O–H groups in total. The highest BCUT2D eigenvalue weighted by atomic mass is 16.4. The van der Waals surface area contributed by atoms with Crippen LogP contribution in [0, 0.1) is 23.7 Å². The van der Waals surface area contributed by atoms with Crippen molar-refractivity contribution in [1.29, 1.82) is 0 Å². The Bertz CT molecular complexity index is 2190. The quantitative estimate of drug-likeness (QED) is 0.0900. The average molecular weight is 661 g/mol. The summed E-state index contributed by atoms with van der Waals surface area (Å²) in [6, 6.07) is 30.6. The van der Waals surface area contributed by atoms with Gasteiger partial charge in [-0.3, -0.25) is 0 Å². The Hall–Kier alpha value is -5.62. The number of unbranched alkanes of at least 4 members (excludes halogenated alkanes) is 4. The van der Waals surface area contributed by atoms with E-state index in [1.807, 2.05) is 60.7 Å². The Labute approximate surface area is 292 Å². The Morgan fingerprint density at radius 2 is 0.980 bits per heavy atom. The van der Waals surface area contributed by atoms with Crippen molar-refractivity contribution in [2.45, 2.75) is 71.3 Å². The molecule has 0 radical (unpaired) electrons. The summed E-state index contributed by atoms with van der Waals surface area (Å²) in [5, 5.41) is 12.0. The van der Waals surface area contributed by atoms with Crippen molar-refractivity contribution in [3.8, 4) is 45.9 Å². The standard InChI is InChI=1S/C45H40O5/c1-3-5-7-9-31-11-19-35(20-12-31)40-29-37-23-15-33(27-42(37)49-44(40)47)17-25-39(46)26-18-34-16-24-38-30-41(45(48)50-43(38)28-34)36-21-13-32(14-22-36)10-8-6-4-2/h11-16,19-24,27-30,39,46H,3-10H2,1-2H3. The minimum Gasteiger partial charge on any atom is -0.422 e. The molecule has 0 spiro atoms. The highest BCUT2D eigenvalue weighted by Crippen LogP contribution is 2.24. The molecule has 0 aliphatic heterocycles. The van der Waals surface area contributed by atoms with Crippen LogP contribution in [0.5, 0.6) is 0 Å². The SMILES string of the molecule is CCCCCc1ccc(-c2cc3ccc(C#CC(O)C#Cc4ccc5cc(-c6ccc(CCCCC)cc6)c(=O)oc5c4)cc3oc2=O)cc1. The van der Waals surface area contributed by atoms with Crippen LogP contribution in [0.2, 0.25) is 0 Å². The number of aryl methyl sites for hydroxylation is 2. The number of aliphatic hydroxyl groups is 1. The largest absolute Gasteiger partial charge is 0.422 e. The first-order valence-corrected chi connectivity index (χ1v) is 17.5. The van der Waals surface area contributed by atoms with E-state index in [1.165, 1.54) is 36.8 Å². The topological polar surface area (TPSA) is 80.7 Å². The van der Waals surface area contributed by atoms with Crippen molar-refractivity contribution >= 4 is 21.9 Å². The van der Waals surface area contributed by atoms with Gasteiger partial charge in [0.2, 0.25) is 0 Å². The third-order valence-corrected chi connectivity index (χ3v) is 8.85. The fraction of sp³-hybridized carbons (Fsp3) is 0.244. The zero-order valence-corrected chi connectivity index (χ0v) is 28.6. The van der Waals surface area contributed by atoms with Gasteiger partial charge in [-0.15, -0.1) is 0 Å². The summed E-state index contributed by atoms with van der Waals surface area (Å²) in [6.45, 7) is 4.38. The number of rotatable bonds is 10. The molecule has 0 saturated heterocycles. The van der Waals surface area contributed by atoms with Crippen molar-refractivity contribution in [2.24, 2.45) is 0 Å². The fourth-order valence-electron chi connectivity index (χ4n) is 5.98. The molecule has 0 bridgehead atoms. The highest BCUT2D eigenvalue weighted by Gasteiger charge is 2.10. The molecule has 0 atom stereocenters. The first-order valence-electron chi connectivity index (χ1n) is 17.5. The van der Waals surface area contributed by atoms with E-state index in [9.17, 15) is 14.7 Å². The van der Waals surface area contributed by atoms with E-state index in [2.05, 4.69) is 61.8 Å². The molecule has 2 aromatic heterocycles. The monoisotopic (exact) mass is 660 g/mol. The molecule has 0 amide bonds. The maximum Gasteiger partial charge on any atom is 0.344 e. The Morgan fingerprint density at radius 1 is 0.560 bits per heavy atom. The molecule has 0 saturated carbocycles. The van der Waals surface area contributed by atoms with E-state index >= 15 is 0 Å². The zero-order chi connectivity index (χ0) is 34.9. The van der Waals surface area contributed by atoms with E-state index in [0.717, 1.165) is 47.6 Å². The minimum atomic E-state index is -1.22. The van der Waals surface area contributed by atoms with Crippen LogP contribution in [-0.4, -0.2) is 11.2 Å². The molecule has 6 aromatic rings. The molecule has 250 valence electrons. The normalized spacial score (nSPS) is 11.0. The maximum absolute atomic E-state index is 12.9. The predicted octanol–water partition coefficient (Wildman–Crippen LogP) is 9.46. The highest BCUT2D eigenvalue weighted by molar-refractivity contribution is 5.84. The summed E-state index contributed by atoms with van der Waals surface area (Å²) in [7, 11) is 0. The minimum absolute atomic E-state index is 0.415. The van der Waals surface area contributed by atoms with Crippen LogP contribution in [0.4, 0.5) is 0 Å². The van der Waals surface area contributed by atoms with Gasteiger partial charge < -0.3 is 13.9 Å². The van der Waals surface area contributed by atoms with Gasteiger partial charge >= 0.3 is 11.3 Å². The lowest BCUT2D eigenvalue weighted by Crippen LogP contribution is -2.03. The smallest absolute Gasteiger partial charge is 0.344 e. The van der Waals surface area contributed by atoms with E-state index in [4.69, 9.17) is 8.83 Å². The predicted molar refractivity (Wildman–Crippen MR) is 202 cm³/mol. The van der Waals surface area contributed by atoms with E-state index in [0.29, 0.717) is 33.4 Å². The molecular formula is C45H40O5. The number of hydrogen-bond donors (Lipinski definition) is 1. The molecule has 0 unspecified atom stereocenters. The number of aliphatic hydroxyl groups excluding tert-OH is 1. The third kappa shape index (κ3) is 8.50. The van der Waals surface area contributed by atoms with E-state index in [1.54, 1.807) is 12.1 Å². The molecule has 4 aromatic carbocycles. The second-order valence-corrected chi connectivity index (χ2v) is 12.6. The Morgan fingerprint density at radius 3 is 1.38 bits per heavy atom. The van der Waals surface area contributed by atoms with Gasteiger partial charge in [0.15, 0.2) is 6.10 Å². The van der Waals surface area contributed by atoms with Gasteiger partial charge in [0.1, 0.15) is 11.2 Å². The van der Waals surface area contributed by atoms with Crippen molar-refractivity contribution < 1.29 is 13.9 Å². The van der Waals surface area contributed by atoms with Gasteiger partial charge in [0, 0.05) is 21.9 Å². The van der Waals surface area contributed by atoms with Gasteiger partial charge in [-0.2, -0.15) is 0 Å². The van der Waals surface area contributed by atoms with Gasteiger partial charge in [-0.1, -0.05) is 112 Å². The van der Waals surface area contributed by atoms with Gasteiger partial charge in [-0.25, -0.2) is 9.59 Å². The molecular weight excluding hydrogens is 620 g/mol. The van der Waals surface area contributed by atoms with Crippen molar-refractivity contribution in [2.75, 3.05) is 0 Å². The van der Waals surface area contributed by atoms with Crippen LogP contribution >= 0.6 is 0 Å². The summed E-state index contributed by atoms with van der Waals surface area (Å²) >= 11 is 0. The number of fused-ring (bicyclic) bond motifs is 2. The molecule has 0 aliphatic rings. The fourth-order valence-corrected chi connectivity index (χ4v) is 5.98. The summed E-state index contributed by atoms with van der Waals surface area (Å²) < 4.78 is 11.3. The first-order chi connectivity index (χ1) is 24.4. The van der Waals surface area contributed by atoms with Crippen molar-refractivity contribution in [1.82, 2.24) is 0 Å². The first kappa shape index (κ1) is 34.3. The van der Waals surface area contributed by atoms with Crippen molar-refractivity contribution in [3.05, 3.63) is 140 Å². The molecule has 2 heterocycles. The summed E-state index contributed by atoms with van der Waals surface area (Å²) in [6.07, 6.45) is 7.94. The van der Waals surface area contributed by atoms with Gasteiger partial charge in [0.05, 0.1) is 11.1 Å². The van der Waals surface area contributed by atoms with Gasteiger partial charge in [-0.05, 0) is 96.5 Å². The number of hydrogen-bond acceptors (Lipinski definition) is 5. The van der Waals surface area contributed by atoms with Crippen LogP contribution in [0.3, 0.4) is 0 Å². The molecule has 5 heteroatoms. The molecule has 50 heavy (non-hydrogen) atoms. The summed E-state index contributed by atoms with van der Waals surface area (Å²) in [5.41, 5.74) is 6.36. The van der Waals surface area contributed by atoms with Crippen LogP contribution in [0.25, 0.3) is 44.2 Å². The summed E-state index contributed by atoms with van der Waals surface area (Å²) in [4.78, 5) is 25.7. The van der Waals surface area contributed by atoms with Crippen LogP contribution < -0.4 is 11.3 Å². The molecule has 0 aliphatic carbocycles. The average Bonchev–Trinajstić information content (AvgIpc) is 3.13. The van der Waals surface area contributed by atoms with E-state index in [-0.39, 0.29) is 0 Å². The zero-order valence-electron chi connectivity index (χ0n) is 28.6. The maximum atomic E-state index is 12.9. The van der Waals surface area contributed by atoms with Crippen LogP contribution in [0.15, 0.2) is 115 Å². The second-order valence-electron chi connectivity index (χ2n) is 12.6. The lowest BCUT2D eigenvalue weighted by Gasteiger charge is -2.05. The lowest BCUT2D eigenvalue weighted by molar-refractivity contribution is 0.289. The Balaban J connectivity index is 1.13. The second kappa shape index (κ2) is 16.2. The molecule has 0 fully saturated rings. The van der Waals surface area contributed by atoms with Crippen LogP contribution in [-0.2, 0) is 12.8 Å². The van der Waals surface area contributed by atoms with Gasteiger partial charge in [0.25, 0.3) is 0 Å². The summed E-state index contributed by atoms with van der Waals surface area (Å²) in [5.74, 6) is 11.3. The molecule has 6 rings (SSSR count). The molecule has 5 nitrogen and oxygen atoms in total. The lowest BCUT2D eigenvalue weighted by atomic mass is 10.0. The van der Waals surface area contributed by atoms with Crippen LogP contribution in [0.1, 0.15) is 74.6 Å². The van der Waals surface area contributed by atoms with E-state index < -0.39 is 17.4 Å². The third-order valence-electron chi connectivity index (χ3n) is 8.85.